The molecule has 2 fully saturated rings. The van der Waals surface area contributed by atoms with Gasteiger partial charge in [-0.2, -0.15) is 0 Å². The van der Waals surface area contributed by atoms with Gasteiger partial charge in [-0.25, -0.2) is 4.39 Å². The zero-order valence-corrected chi connectivity index (χ0v) is 14.4. The number of nitrogens with one attached hydrogen (secondary N) is 2. The number of carbonyl (C=O) groups excluding carboxylic acids is 2. The molecule has 0 aliphatic heterocycles. The van der Waals surface area contributed by atoms with Crippen molar-refractivity contribution in [1.82, 2.24) is 0 Å². The van der Waals surface area contributed by atoms with Crippen molar-refractivity contribution in [2.75, 3.05) is 10.6 Å². The molecule has 2 saturated carbocycles. The Morgan fingerprint density at radius 3 is 2.36 bits per heavy atom. The van der Waals surface area contributed by atoms with Gasteiger partial charge in [0.25, 0.3) is 0 Å². The third-order valence-electron chi connectivity index (χ3n) is 5.31. The number of nitrogens with two attached hydrogens (primary N) is 1. The van der Waals surface area contributed by atoms with Gasteiger partial charge in [0.05, 0.1) is 5.69 Å². The molecule has 2 amide bonds. The zero-order valence-electron chi connectivity index (χ0n) is 14.4. The zero-order chi connectivity index (χ0) is 17.8. The van der Waals surface area contributed by atoms with Crippen molar-refractivity contribution in [2.45, 2.75) is 57.4 Å². The van der Waals surface area contributed by atoms with Gasteiger partial charge >= 0.3 is 0 Å². The van der Waals surface area contributed by atoms with E-state index in [4.69, 9.17) is 5.73 Å². The SMILES string of the molecule is NC1CCC(C(=O)Nc2ccc(F)c(NC(=O)C3CCCCC3)c2)C1. The quantitative estimate of drug-likeness (QED) is 0.780. The van der Waals surface area contributed by atoms with Crippen LogP contribution in [-0.2, 0) is 9.59 Å². The van der Waals surface area contributed by atoms with Gasteiger partial charge in [-0.05, 0) is 50.3 Å². The normalized spacial score (nSPS) is 24.1. The lowest BCUT2D eigenvalue weighted by atomic mass is 9.88. The number of anilines is 2. The summed E-state index contributed by atoms with van der Waals surface area (Å²) in [6.45, 7) is 0. The Labute approximate surface area is 147 Å². The topological polar surface area (TPSA) is 84.2 Å². The highest BCUT2D eigenvalue weighted by atomic mass is 19.1. The second kappa shape index (κ2) is 7.95. The molecule has 0 spiro atoms. The Hall–Kier alpha value is -1.95. The monoisotopic (exact) mass is 347 g/mol. The standard InChI is InChI=1S/C19H26FN3O2/c20-16-9-8-15(22-19(25)13-6-7-14(21)10-13)11-17(16)23-18(24)12-4-2-1-3-5-12/h8-9,11-14H,1-7,10,21H2,(H,22,25)(H,23,24). The van der Waals surface area contributed by atoms with Gasteiger partial charge in [0.1, 0.15) is 5.82 Å². The summed E-state index contributed by atoms with van der Waals surface area (Å²) in [5, 5.41) is 5.50. The summed E-state index contributed by atoms with van der Waals surface area (Å²) in [6, 6.07) is 4.35. The highest BCUT2D eigenvalue weighted by Gasteiger charge is 2.28. The Bertz CT molecular complexity index is 644. The molecule has 0 radical (unpaired) electrons. The molecule has 0 heterocycles. The van der Waals surface area contributed by atoms with Gasteiger partial charge in [0.2, 0.25) is 11.8 Å². The van der Waals surface area contributed by atoms with Crippen molar-refractivity contribution in [3.63, 3.8) is 0 Å². The first-order valence-electron chi connectivity index (χ1n) is 9.20. The summed E-state index contributed by atoms with van der Waals surface area (Å²) in [5.74, 6) is -0.871. The van der Waals surface area contributed by atoms with Crippen LogP contribution >= 0.6 is 0 Å². The first-order valence-corrected chi connectivity index (χ1v) is 9.20. The van der Waals surface area contributed by atoms with E-state index in [1.165, 1.54) is 18.2 Å². The molecule has 2 unspecified atom stereocenters. The molecule has 1 aromatic rings. The van der Waals surface area contributed by atoms with Crippen LogP contribution in [0.25, 0.3) is 0 Å². The first-order chi connectivity index (χ1) is 12.0. The van der Waals surface area contributed by atoms with Crippen molar-refractivity contribution < 1.29 is 14.0 Å². The van der Waals surface area contributed by atoms with E-state index in [1.807, 2.05) is 0 Å². The van der Waals surface area contributed by atoms with Crippen LogP contribution in [0.2, 0.25) is 0 Å². The van der Waals surface area contributed by atoms with Gasteiger partial charge < -0.3 is 16.4 Å². The molecule has 6 heteroatoms. The Morgan fingerprint density at radius 2 is 1.68 bits per heavy atom. The smallest absolute Gasteiger partial charge is 0.227 e. The van der Waals surface area contributed by atoms with E-state index in [2.05, 4.69) is 10.6 Å². The van der Waals surface area contributed by atoms with Crippen LogP contribution in [-0.4, -0.2) is 17.9 Å². The van der Waals surface area contributed by atoms with Crippen LogP contribution in [0.4, 0.5) is 15.8 Å². The van der Waals surface area contributed by atoms with Crippen molar-refractivity contribution in [2.24, 2.45) is 17.6 Å². The minimum Gasteiger partial charge on any atom is -0.328 e. The molecule has 136 valence electrons. The molecule has 2 aliphatic rings. The number of amides is 2. The van der Waals surface area contributed by atoms with Crippen LogP contribution in [0.15, 0.2) is 18.2 Å². The van der Waals surface area contributed by atoms with Gasteiger partial charge in [-0.3, -0.25) is 9.59 Å². The Balaban J connectivity index is 1.63. The molecular formula is C19H26FN3O2. The predicted molar refractivity (Wildman–Crippen MR) is 95.6 cm³/mol. The van der Waals surface area contributed by atoms with E-state index in [1.54, 1.807) is 0 Å². The third-order valence-corrected chi connectivity index (χ3v) is 5.31. The van der Waals surface area contributed by atoms with Crippen LogP contribution in [0.1, 0.15) is 51.4 Å². The number of hydrogen-bond donors (Lipinski definition) is 3. The summed E-state index contributed by atoms with van der Waals surface area (Å²) < 4.78 is 14.0. The molecule has 2 atom stereocenters. The lowest BCUT2D eigenvalue weighted by Gasteiger charge is -2.21. The summed E-state index contributed by atoms with van der Waals surface area (Å²) in [7, 11) is 0. The molecular weight excluding hydrogens is 321 g/mol. The maximum absolute atomic E-state index is 14.0. The van der Waals surface area contributed by atoms with Crippen LogP contribution in [0, 0.1) is 17.7 Å². The average molecular weight is 347 g/mol. The van der Waals surface area contributed by atoms with Crippen LogP contribution < -0.4 is 16.4 Å². The fraction of sp³-hybridized carbons (Fsp3) is 0.579. The van der Waals surface area contributed by atoms with Crippen LogP contribution in [0.3, 0.4) is 0 Å². The fourth-order valence-electron chi connectivity index (χ4n) is 3.80. The average Bonchev–Trinajstić information content (AvgIpc) is 3.05. The maximum Gasteiger partial charge on any atom is 0.227 e. The number of rotatable bonds is 4. The van der Waals surface area contributed by atoms with E-state index in [0.29, 0.717) is 12.1 Å². The fourth-order valence-corrected chi connectivity index (χ4v) is 3.80. The molecule has 5 nitrogen and oxygen atoms in total. The van der Waals surface area contributed by atoms with Gasteiger partial charge in [-0.15, -0.1) is 0 Å². The third kappa shape index (κ3) is 4.57. The van der Waals surface area contributed by atoms with Gasteiger partial charge in [0, 0.05) is 23.6 Å². The highest BCUT2D eigenvalue weighted by Crippen LogP contribution is 2.28. The summed E-state index contributed by atoms with van der Waals surface area (Å²) in [4.78, 5) is 24.6. The number of hydrogen-bond acceptors (Lipinski definition) is 3. The summed E-state index contributed by atoms with van der Waals surface area (Å²) >= 11 is 0. The lowest BCUT2D eigenvalue weighted by Crippen LogP contribution is -2.25. The summed E-state index contributed by atoms with van der Waals surface area (Å²) in [6.07, 6.45) is 7.25. The molecule has 4 N–H and O–H groups in total. The molecule has 1 aromatic carbocycles. The van der Waals surface area contributed by atoms with Crippen molar-refractivity contribution in [3.05, 3.63) is 24.0 Å². The number of benzene rings is 1. The maximum atomic E-state index is 14.0. The van der Waals surface area contributed by atoms with Crippen LogP contribution in [0.5, 0.6) is 0 Å². The molecule has 2 aliphatic carbocycles. The molecule has 0 saturated heterocycles. The van der Waals surface area contributed by atoms with Crippen molar-refractivity contribution in [3.8, 4) is 0 Å². The van der Waals surface area contributed by atoms with E-state index in [9.17, 15) is 14.0 Å². The molecule has 0 bridgehead atoms. The second-order valence-corrected chi connectivity index (χ2v) is 7.28. The Kier molecular flexibility index (Phi) is 5.68. The van der Waals surface area contributed by atoms with Gasteiger partial charge in [0.15, 0.2) is 0 Å². The first kappa shape index (κ1) is 17.9. The minimum atomic E-state index is -0.495. The number of halogens is 1. The second-order valence-electron chi connectivity index (χ2n) is 7.28. The van der Waals surface area contributed by atoms with E-state index in [0.717, 1.165) is 44.9 Å². The molecule has 3 rings (SSSR count). The number of carbonyl (C=O) groups is 2. The van der Waals surface area contributed by atoms with Gasteiger partial charge in [-0.1, -0.05) is 19.3 Å². The highest BCUT2D eigenvalue weighted by molar-refractivity contribution is 5.96. The largest absolute Gasteiger partial charge is 0.328 e. The lowest BCUT2D eigenvalue weighted by molar-refractivity contribution is -0.121. The van der Waals surface area contributed by atoms with Crippen molar-refractivity contribution in [1.29, 1.82) is 0 Å². The van der Waals surface area contributed by atoms with Crippen molar-refractivity contribution >= 4 is 23.2 Å². The van der Waals surface area contributed by atoms with E-state index in [-0.39, 0.29) is 35.4 Å². The predicted octanol–water partition coefficient (Wildman–Crippen LogP) is 3.41. The molecule has 0 aromatic heterocycles. The molecule has 25 heavy (non-hydrogen) atoms. The Morgan fingerprint density at radius 1 is 0.960 bits per heavy atom. The minimum absolute atomic E-state index is 0.0497. The summed E-state index contributed by atoms with van der Waals surface area (Å²) in [5.41, 5.74) is 6.46. The van der Waals surface area contributed by atoms with E-state index < -0.39 is 5.82 Å². The van der Waals surface area contributed by atoms with E-state index >= 15 is 0 Å².